The van der Waals surface area contributed by atoms with Crippen molar-refractivity contribution < 1.29 is 9.59 Å². The maximum absolute atomic E-state index is 12.5. The molecule has 6 nitrogen and oxygen atoms in total. The Balaban J connectivity index is 0.00000529. The first-order chi connectivity index (χ1) is 10.9. The second-order valence-electron chi connectivity index (χ2n) is 5.98. The lowest BCUT2D eigenvalue weighted by Gasteiger charge is -2.31. The first-order valence-corrected chi connectivity index (χ1v) is 8.06. The molecule has 7 heteroatoms. The number of amides is 3. The van der Waals surface area contributed by atoms with Crippen LogP contribution >= 0.6 is 12.4 Å². The van der Waals surface area contributed by atoms with Crippen LogP contribution in [0.25, 0.3) is 0 Å². The Morgan fingerprint density at radius 2 is 1.83 bits per heavy atom. The van der Waals surface area contributed by atoms with Gasteiger partial charge in [0.05, 0.1) is 5.54 Å². The molecule has 0 radical (unpaired) electrons. The van der Waals surface area contributed by atoms with Gasteiger partial charge >= 0.3 is 6.03 Å². The fraction of sp³-hybridized carbons (Fsp3) is 0.529. The second kappa shape index (κ2) is 10.2. The summed E-state index contributed by atoms with van der Waals surface area (Å²) in [5.41, 5.74) is 6.49. The second-order valence-corrected chi connectivity index (χ2v) is 5.98. The Morgan fingerprint density at radius 1 is 1.21 bits per heavy atom. The minimum absolute atomic E-state index is 0. The summed E-state index contributed by atoms with van der Waals surface area (Å²) in [4.78, 5) is 24.2. The van der Waals surface area contributed by atoms with E-state index in [1.165, 1.54) is 0 Å². The molecule has 24 heavy (non-hydrogen) atoms. The van der Waals surface area contributed by atoms with E-state index in [4.69, 9.17) is 5.73 Å². The first-order valence-electron chi connectivity index (χ1n) is 8.06. The van der Waals surface area contributed by atoms with Crippen LogP contribution in [-0.2, 0) is 0 Å². The minimum atomic E-state index is -0.393. The average molecular weight is 357 g/mol. The number of hydrogen-bond donors (Lipinski definition) is 4. The predicted molar refractivity (Wildman–Crippen MR) is 101 cm³/mol. The van der Waals surface area contributed by atoms with Crippen LogP contribution in [0.2, 0.25) is 0 Å². The summed E-state index contributed by atoms with van der Waals surface area (Å²) in [6.07, 6.45) is 1.53. The Kier molecular flexibility index (Phi) is 9.40. The molecule has 0 atom stereocenters. The zero-order valence-corrected chi connectivity index (χ0v) is 15.6. The standard InChI is InChI=1S/C17H28N4O2.ClH/c1-5-17(6-2,11-18)21-15(22)13-8-7-9-14(10-13)20-16(23)19-12(3)4;/h7-10,12H,5-6,11,18H2,1-4H3,(H,21,22)(H2,19,20,23);1H. The smallest absolute Gasteiger partial charge is 0.319 e. The molecule has 0 aliphatic carbocycles. The van der Waals surface area contributed by atoms with Gasteiger partial charge in [0.1, 0.15) is 0 Å². The molecule has 0 heterocycles. The Morgan fingerprint density at radius 3 is 2.33 bits per heavy atom. The molecule has 1 aromatic rings. The average Bonchev–Trinajstić information content (AvgIpc) is 2.52. The van der Waals surface area contributed by atoms with Gasteiger partial charge in [-0.3, -0.25) is 4.79 Å². The number of rotatable bonds is 7. The molecule has 1 aromatic carbocycles. The Bertz CT molecular complexity index is 537. The Hall–Kier alpha value is -1.79. The minimum Gasteiger partial charge on any atom is -0.345 e. The summed E-state index contributed by atoms with van der Waals surface area (Å²) in [5, 5.41) is 8.47. The molecule has 3 amide bonds. The van der Waals surface area contributed by atoms with Gasteiger partial charge in [-0.2, -0.15) is 0 Å². The summed E-state index contributed by atoms with van der Waals surface area (Å²) >= 11 is 0. The fourth-order valence-corrected chi connectivity index (χ4v) is 2.25. The van der Waals surface area contributed by atoms with Crippen molar-refractivity contribution in [2.75, 3.05) is 11.9 Å². The topological polar surface area (TPSA) is 96.2 Å². The van der Waals surface area contributed by atoms with Crippen molar-refractivity contribution in [3.8, 4) is 0 Å². The van der Waals surface area contributed by atoms with E-state index < -0.39 is 5.54 Å². The molecule has 1 rings (SSSR count). The highest BCUT2D eigenvalue weighted by Gasteiger charge is 2.26. The number of anilines is 1. The van der Waals surface area contributed by atoms with Crippen LogP contribution in [0.4, 0.5) is 10.5 Å². The number of urea groups is 1. The molecule has 136 valence electrons. The van der Waals surface area contributed by atoms with Crippen LogP contribution in [0.1, 0.15) is 50.9 Å². The highest BCUT2D eigenvalue weighted by atomic mass is 35.5. The summed E-state index contributed by atoms with van der Waals surface area (Å²) in [6.45, 7) is 8.16. The number of carbonyl (C=O) groups is 2. The number of halogens is 1. The third-order valence-corrected chi connectivity index (χ3v) is 3.93. The highest BCUT2D eigenvalue weighted by molar-refractivity contribution is 5.97. The molecule has 0 spiro atoms. The van der Waals surface area contributed by atoms with Crippen molar-refractivity contribution in [1.29, 1.82) is 0 Å². The molecule has 5 N–H and O–H groups in total. The third-order valence-electron chi connectivity index (χ3n) is 3.93. The summed E-state index contributed by atoms with van der Waals surface area (Å²) in [6, 6.07) is 6.60. The molecule has 0 aliphatic rings. The molecule has 0 unspecified atom stereocenters. The number of nitrogens with two attached hydrogens (primary N) is 1. The lowest BCUT2D eigenvalue weighted by Crippen LogP contribution is -2.52. The summed E-state index contributed by atoms with van der Waals surface area (Å²) < 4.78 is 0. The maximum atomic E-state index is 12.5. The van der Waals surface area contributed by atoms with Crippen LogP contribution in [0.15, 0.2) is 24.3 Å². The molecule has 0 aliphatic heterocycles. The van der Waals surface area contributed by atoms with Crippen LogP contribution in [0, 0.1) is 0 Å². The van der Waals surface area contributed by atoms with Gasteiger partial charge in [-0.1, -0.05) is 19.9 Å². The molecular weight excluding hydrogens is 328 g/mol. The first kappa shape index (κ1) is 22.2. The van der Waals surface area contributed by atoms with Crippen molar-refractivity contribution in [2.45, 2.75) is 52.1 Å². The number of carbonyl (C=O) groups excluding carboxylic acids is 2. The Labute approximate surface area is 150 Å². The lowest BCUT2D eigenvalue weighted by atomic mass is 9.92. The summed E-state index contributed by atoms with van der Waals surface area (Å²) in [5.74, 6) is -0.188. The van der Waals surface area contributed by atoms with Gasteiger partial charge in [0.2, 0.25) is 0 Å². The van der Waals surface area contributed by atoms with E-state index in [0.717, 1.165) is 12.8 Å². The van der Waals surface area contributed by atoms with Crippen molar-refractivity contribution in [1.82, 2.24) is 10.6 Å². The number of benzene rings is 1. The highest BCUT2D eigenvalue weighted by Crippen LogP contribution is 2.16. The number of hydrogen-bond acceptors (Lipinski definition) is 3. The SMILES string of the molecule is CCC(CC)(CN)NC(=O)c1cccc(NC(=O)NC(C)C)c1.Cl. The normalized spacial score (nSPS) is 10.8. The summed E-state index contributed by atoms with van der Waals surface area (Å²) in [7, 11) is 0. The fourth-order valence-electron chi connectivity index (χ4n) is 2.25. The van der Waals surface area contributed by atoms with Gasteiger partial charge in [0.25, 0.3) is 5.91 Å². The molecule has 0 aromatic heterocycles. The lowest BCUT2D eigenvalue weighted by molar-refractivity contribution is 0.0895. The van der Waals surface area contributed by atoms with E-state index >= 15 is 0 Å². The molecule has 0 saturated carbocycles. The van der Waals surface area contributed by atoms with Crippen molar-refractivity contribution in [2.24, 2.45) is 5.73 Å². The van der Waals surface area contributed by atoms with Gasteiger partial charge in [0.15, 0.2) is 0 Å². The van der Waals surface area contributed by atoms with E-state index in [0.29, 0.717) is 17.8 Å². The van der Waals surface area contributed by atoms with Gasteiger partial charge in [-0.15, -0.1) is 12.4 Å². The van der Waals surface area contributed by atoms with Crippen LogP contribution in [0.3, 0.4) is 0 Å². The van der Waals surface area contributed by atoms with Crippen molar-refractivity contribution in [3.63, 3.8) is 0 Å². The van der Waals surface area contributed by atoms with Crippen molar-refractivity contribution >= 4 is 30.0 Å². The third kappa shape index (κ3) is 6.37. The van der Waals surface area contributed by atoms with E-state index in [-0.39, 0.29) is 30.4 Å². The molecule has 0 bridgehead atoms. The van der Waals surface area contributed by atoms with Gasteiger partial charge in [-0.05, 0) is 44.9 Å². The quantitative estimate of drug-likeness (QED) is 0.604. The van der Waals surface area contributed by atoms with Crippen molar-refractivity contribution in [3.05, 3.63) is 29.8 Å². The monoisotopic (exact) mass is 356 g/mol. The van der Waals surface area contributed by atoms with Gasteiger partial charge < -0.3 is 21.7 Å². The van der Waals surface area contributed by atoms with Crippen LogP contribution in [0.5, 0.6) is 0 Å². The van der Waals surface area contributed by atoms with E-state index in [1.807, 2.05) is 27.7 Å². The predicted octanol–water partition coefficient (Wildman–Crippen LogP) is 2.89. The van der Waals surface area contributed by atoms with Crippen LogP contribution in [-0.4, -0.2) is 30.1 Å². The van der Waals surface area contributed by atoms with Gasteiger partial charge in [0, 0.05) is 23.8 Å². The zero-order chi connectivity index (χ0) is 17.5. The van der Waals surface area contributed by atoms with E-state index in [2.05, 4.69) is 16.0 Å². The molecule has 0 saturated heterocycles. The van der Waals surface area contributed by atoms with Crippen LogP contribution < -0.4 is 21.7 Å². The number of nitrogens with one attached hydrogen (secondary N) is 3. The van der Waals surface area contributed by atoms with E-state index in [1.54, 1.807) is 24.3 Å². The zero-order valence-electron chi connectivity index (χ0n) is 14.8. The maximum Gasteiger partial charge on any atom is 0.319 e. The largest absolute Gasteiger partial charge is 0.345 e. The molecule has 0 fully saturated rings. The van der Waals surface area contributed by atoms with Gasteiger partial charge in [-0.25, -0.2) is 4.79 Å². The molecular formula is C17H29ClN4O2. The van der Waals surface area contributed by atoms with E-state index in [9.17, 15) is 9.59 Å².